The van der Waals surface area contributed by atoms with E-state index in [1.54, 1.807) is 13.0 Å². The van der Waals surface area contributed by atoms with Crippen LogP contribution in [0, 0.1) is 0 Å². The standard InChI is InChI=1S/C31H38N2O5/c1-4-36-30(34)16-6-5-11-21-37-29-15-10-9-14-28(29)32-31(35)27-13-8-7-12-25(27)23-38-26-19-17-24(18-20-26)22-33(2)3/h7-10,12-15,17-20H,4-6,11,16,21-23H2,1-3H3,(H,32,35). The van der Waals surface area contributed by atoms with Gasteiger partial charge in [-0.15, -0.1) is 0 Å². The van der Waals surface area contributed by atoms with Crippen molar-refractivity contribution < 1.29 is 23.8 Å². The number of hydrogen-bond donors (Lipinski definition) is 1. The van der Waals surface area contributed by atoms with Crippen LogP contribution in [0.5, 0.6) is 11.5 Å². The summed E-state index contributed by atoms with van der Waals surface area (Å²) in [7, 11) is 4.07. The van der Waals surface area contributed by atoms with Crippen LogP contribution in [-0.2, 0) is 22.7 Å². The number of ether oxygens (including phenoxy) is 3. The lowest BCUT2D eigenvalue weighted by atomic mass is 10.1. The lowest BCUT2D eigenvalue weighted by Gasteiger charge is -2.15. The van der Waals surface area contributed by atoms with Crippen LogP contribution in [0.4, 0.5) is 5.69 Å². The molecule has 0 fully saturated rings. The average molecular weight is 519 g/mol. The number of rotatable bonds is 15. The number of nitrogens with one attached hydrogen (secondary N) is 1. The van der Waals surface area contributed by atoms with E-state index >= 15 is 0 Å². The molecule has 0 aliphatic heterocycles. The van der Waals surface area contributed by atoms with E-state index in [0.29, 0.717) is 36.6 Å². The number of esters is 1. The van der Waals surface area contributed by atoms with Gasteiger partial charge in [-0.2, -0.15) is 0 Å². The van der Waals surface area contributed by atoms with Gasteiger partial charge in [0.1, 0.15) is 18.1 Å². The molecule has 7 heteroatoms. The molecular weight excluding hydrogens is 480 g/mol. The van der Waals surface area contributed by atoms with Gasteiger partial charge >= 0.3 is 5.97 Å². The minimum absolute atomic E-state index is 0.162. The van der Waals surface area contributed by atoms with E-state index < -0.39 is 0 Å². The molecule has 0 saturated carbocycles. The molecule has 1 N–H and O–H groups in total. The summed E-state index contributed by atoms with van der Waals surface area (Å²) in [5.41, 5.74) is 3.16. The summed E-state index contributed by atoms with van der Waals surface area (Å²) < 4.78 is 16.9. The third-order valence-corrected chi connectivity index (χ3v) is 5.80. The molecular formula is C31H38N2O5. The summed E-state index contributed by atoms with van der Waals surface area (Å²) in [6.45, 7) is 3.85. The van der Waals surface area contributed by atoms with E-state index in [1.807, 2.05) is 80.8 Å². The van der Waals surface area contributed by atoms with E-state index in [2.05, 4.69) is 10.2 Å². The summed E-state index contributed by atoms with van der Waals surface area (Å²) in [5.74, 6) is 0.975. The topological polar surface area (TPSA) is 77.1 Å². The number of carbonyl (C=O) groups excluding carboxylic acids is 2. The lowest BCUT2D eigenvalue weighted by Crippen LogP contribution is -2.16. The van der Waals surface area contributed by atoms with Crippen LogP contribution >= 0.6 is 0 Å². The molecule has 202 valence electrons. The molecule has 0 aliphatic rings. The zero-order valence-corrected chi connectivity index (χ0v) is 22.6. The SMILES string of the molecule is CCOC(=O)CCCCCOc1ccccc1NC(=O)c1ccccc1COc1ccc(CN(C)C)cc1. The van der Waals surface area contributed by atoms with Gasteiger partial charge in [0, 0.05) is 24.1 Å². The summed E-state index contributed by atoms with van der Waals surface area (Å²) in [6, 6.07) is 22.8. The predicted octanol–water partition coefficient (Wildman–Crippen LogP) is 6.08. The molecule has 0 bridgehead atoms. The van der Waals surface area contributed by atoms with Crippen molar-refractivity contribution in [2.24, 2.45) is 0 Å². The van der Waals surface area contributed by atoms with E-state index in [4.69, 9.17) is 14.2 Å². The normalized spacial score (nSPS) is 10.7. The molecule has 7 nitrogen and oxygen atoms in total. The van der Waals surface area contributed by atoms with Crippen LogP contribution in [-0.4, -0.2) is 44.1 Å². The van der Waals surface area contributed by atoms with Gasteiger partial charge in [0.25, 0.3) is 5.91 Å². The molecule has 0 spiro atoms. The van der Waals surface area contributed by atoms with Crippen LogP contribution in [0.3, 0.4) is 0 Å². The third-order valence-electron chi connectivity index (χ3n) is 5.80. The first-order valence-electron chi connectivity index (χ1n) is 13.1. The van der Waals surface area contributed by atoms with Crippen LogP contribution in [0.1, 0.15) is 54.1 Å². The number of unbranched alkanes of at least 4 members (excludes halogenated alkanes) is 2. The fourth-order valence-electron chi connectivity index (χ4n) is 3.93. The number of amides is 1. The molecule has 0 aliphatic carbocycles. The second kappa shape index (κ2) is 15.4. The molecule has 3 rings (SSSR count). The average Bonchev–Trinajstić information content (AvgIpc) is 2.91. The molecule has 0 atom stereocenters. The van der Waals surface area contributed by atoms with Crippen LogP contribution in [0.25, 0.3) is 0 Å². The van der Waals surface area contributed by atoms with Gasteiger partial charge in [-0.3, -0.25) is 9.59 Å². The van der Waals surface area contributed by atoms with Crippen molar-refractivity contribution >= 4 is 17.6 Å². The Bertz CT molecular complexity index is 1160. The van der Waals surface area contributed by atoms with Crippen molar-refractivity contribution in [2.45, 2.75) is 45.8 Å². The van der Waals surface area contributed by atoms with E-state index in [0.717, 1.165) is 37.1 Å². The summed E-state index contributed by atoms with van der Waals surface area (Å²) in [6.07, 6.45) is 2.85. The third kappa shape index (κ3) is 9.56. The predicted molar refractivity (Wildman–Crippen MR) is 150 cm³/mol. The Morgan fingerprint density at radius 1 is 0.842 bits per heavy atom. The highest BCUT2D eigenvalue weighted by Crippen LogP contribution is 2.25. The Hall–Kier alpha value is -3.84. The zero-order valence-electron chi connectivity index (χ0n) is 22.6. The highest BCUT2D eigenvalue weighted by Gasteiger charge is 2.14. The Kier molecular flexibility index (Phi) is 11.7. The van der Waals surface area contributed by atoms with E-state index in [1.165, 1.54) is 5.56 Å². The van der Waals surface area contributed by atoms with Crippen molar-refractivity contribution in [3.8, 4) is 11.5 Å². The quantitative estimate of drug-likeness (QED) is 0.194. The smallest absolute Gasteiger partial charge is 0.305 e. The Morgan fingerprint density at radius 2 is 1.58 bits per heavy atom. The number of nitrogens with zero attached hydrogens (tertiary/aromatic N) is 1. The van der Waals surface area contributed by atoms with Crippen molar-refractivity contribution in [3.63, 3.8) is 0 Å². The van der Waals surface area contributed by atoms with Gasteiger partial charge in [0.15, 0.2) is 0 Å². The van der Waals surface area contributed by atoms with Crippen molar-refractivity contribution in [1.82, 2.24) is 4.90 Å². The van der Waals surface area contributed by atoms with E-state index in [-0.39, 0.29) is 18.5 Å². The van der Waals surface area contributed by atoms with Gasteiger partial charge in [0.05, 0.1) is 18.9 Å². The Balaban J connectivity index is 1.54. The first-order chi connectivity index (χ1) is 18.5. The van der Waals surface area contributed by atoms with E-state index in [9.17, 15) is 9.59 Å². The van der Waals surface area contributed by atoms with Crippen LogP contribution in [0.2, 0.25) is 0 Å². The van der Waals surface area contributed by atoms with Gasteiger partial charge in [0.2, 0.25) is 0 Å². The fraction of sp³-hybridized carbons (Fsp3) is 0.355. The van der Waals surface area contributed by atoms with Gasteiger partial charge in [-0.05, 0) is 76.2 Å². The molecule has 3 aromatic rings. The number of carbonyl (C=O) groups is 2. The second-order valence-electron chi connectivity index (χ2n) is 9.24. The Labute approximate surface area is 225 Å². The minimum Gasteiger partial charge on any atom is -0.491 e. The highest BCUT2D eigenvalue weighted by molar-refractivity contribution is 6.06. The second-order valence-corrected chi connectivity index (χ2v) is 9.24. The van der Waals surface area contributed by atoms with Crippen LogP contribution in [0.15, 0.2) is 72.8 Å². The zero-order chi connectivity index (χ0) is 27.2. The van der Waals surface area contributed by atoms with Gasteiger partial charge in [-0.25, -0.2) is 0 Å². The molecule has 0 aromatic heterocycles. The molecule has 0 saturated heterocycles. The van der Waals surface area contributed by atoms with Crippen LogP contribution < -0.4 is 14.8 Å². The maximum Gasteiger partial charge on any atom is 0.305 e. The van der Waals surface area contributed by atoms with Gasteiger partial charge < -0.3 is 24.4 Å². The maximum atomic E-state index is 13.2. The fourth-order valence-corrected chi connectivity index (χ4v) is 3.93. The molecule has 0 heterocycles. The van der Waals surface area contributed by atoms with Gasteiger partial charge in [-0.1, -0.05) is 42.5 Å². The maximum absolute atomic E-state index is 13.2. The molecule has 0 unspecified atom stereocenters. The first-order valence-corrected chi connectivity index (χ1v) is 13.1. The highest BCUT2D eigenvalue weighted by atomic mass is 16.5. The number of hydrogen-bond acceptors (Lipinski definition) is 6. The number of anilines is 1. The lowest BCUT2D eigenvalue weighted by molar-refractivity contribution is -0.143. The van der Waals surface area contributed by atoms with Crippen molar-refractivity contribution in [1.29, 1.82) is 0 Å². The van der Waals surface area contributed by atoms with Crippen molar-refractivity contribution in [3.05, 3.63) is 89.5 Å². The number of benzene rings is 3. The molecule has 3 aromatic carbocycles. The Morgan fingerprint density at radius 3 is 2.34 bits per heavy atom. The van der Waals surface area contributed by atoms with Crippen molar-refractivity contribution in [2.75, 3.05) is 32.6 Å². The summed E-state index contributed by atoms with van der Waals surface area (Å²) in [5, 5.41) is 2.99. The number of para-hydroxylation sites is 2. The first kappa shape index (κ1) is 28.7. The summed E-state index contributed by atoms with van der Waals surface area (Å²) >= 11 is 0. The summed E-state index contributed by atoms with van der Waals surface area (Å²) in [4.78, 5) is 26.8. The molecule has 0 radical (unpaired) electrons. The molecule has 1 amide bonds. The monoisotopic (exact) mass is 518 g/mol. The molecule has 38 heavy (non-hydrogen) atoms. The largest absolute Gasteiger partial charge is 0.491 e. The minimum atomic E-state index is -0.226.